The highest BCUT2D eigenvalue weighted by atomic mass is 32.2. The Kier molecular flexibility index (Phi) is 5.92. The van der Waals surface area contributed by atoms with Crippen LogP contribution in [0.5, 0.6) is 0 Å². The number of rotatable bonds is 6. The summed E-state index contributed by atoms with van der Waals surface area (Å²) in [5.41, 5.74) is 0.880. The third kappa shape index (κ3) is 4.43. The Labute approximate surface area is 150 Å². The van der Waals surface area contributed by atoms with Crippen LogP contribution in [0.25, 0.3) is 0 Å². The Morgan fingerprint density at radius 1 is 1.28 bits per heavy atom. The summed E-state index contributed by atoms with van der Waals surface area (Å²) in [4.78, 5) is 11.3. The normalized spacial score (nSPS) is 20.9. The topological polar surface area (TPSA) is 84.3 Å². The predicted molar refractivity (Wildman–Crippen MR) is 101 cm³/mol. The molecule has 2 unspecified atom stereocenters. The zero-order valence-corrected chi connectivity index (χ0v) is 15.6. The lowest BCUT2D eigenvalue weighted by Gasteiger charge is -2.27. The van der Waals surface area contributed by atoms with E-state index in [-0.39, 0.29) is 11.1 Å². The van der Waals surface area contributed by atoms with E-state index in [1.54, 1.807) is 12.1 Å². The Morgan fingerprint density at radius 3 is 2.60 bits per heavy atom. The van der Waals surface area contributed by atoms with Crippen LogP contribution in [0.15, 0.2) is 59.2 Å². The van der Waals surface area contributed by atoms with Crippen molar-refractivity contribution in [3.8, 4) is 0 Å². The Hall–Kier alpha value is -2.25. The van der Waals surface area contributed by atoms with Crippen molar-refractivity contribution in [3.63, 3.8) is 0 Å². The number of nitrogens with zero attached hydrogens (tertiary/aromatic N) is 1. The zero-order valence-electron chi connectivity index (χ0n) is 14.8. The van der Waals surface area contributed by atoms with E-state index in [9.17, 15) is 14.3 Å². The monoisotopic (exact) mass is 361 g/mol. The van der Waals surface area contributed by atoms with Gasteiger partial charge in [-0.3, -0.25) is 10.1 Å². The molecular weight excluding hydrogens is 338 g/mol. The molecule has 2 atom stereocenters. The third-order valence-corrected chi connectivity index (χ3v) is 5.45. The molecule has 0 fully saturated rings. The summed E-state index contributed by atoms with van der Waals surface area (Å²) < 4.78 is 14.4. The number of anilines is 1. The number of nitrogens with one attached hydrogen (secondary N) is 2. The standard InChI is InChI=1S/C18H23N3O3S/c1-13(2)18(3)10-6-5-7-14(12-18)20-16-9-8-15(25(24)19-4)11-17(16)21(22)23/h5-13,19-20H,1-4H3. The summed E-state index contributed by atoms with van der Waals surface area (Å²) in [7, 11) is 0.0623. The van der Waals surface area contributed by atoms with Gasteiger partial charge in [-0.25, -0.2) is 8.93 Å². The largest absolute Gasteiger partial charge is 0.350 e. The second-order valence-corrected chi connectivity index (χ2v) is 7.79. The van der Waals surface area contributed by atoms with E-state index in [1.165, 1.54) is 13.1 Å². The first-order valence-electron chi connectivity index (χ1n) is 8.00. The molecule has 0 saturated heterocycles. The molecule has 1 aromatic rings. The highest BCUT2D eigenvalue weighted by molar-refractivity contribution is 7.83. The number of allylic oxidation sites excluding steroid dienone is 5. The van der Waals surface area contributed by atoms with Crippen LogP contribution in [-0.2, 0) is 11.0 Å². The Bertz CT molecular complexity index is 784. The van der Waals surface area contributed by atoms with Crippen molar-refractivity contribution >= 4 is 22.4 Å². The molecule has 2 rings (SSSR count). The van der Waals surface area contributed by atoms with E-state index in [2.05, 4.69) is 43.0 Å². The molecule has 134 valence electrons. The van der Waals surface area contributed by atoms with E-state index in [1.807, 2.05) is 18.2 Å². The first kappa shape index (κ1) is 19.1. The minimum Gasteiger partial charge on any atom is -0.350 e. The van der Waals surface area contributed by atoms with Gasteiger partial charge in [0, 0.05) is 17.2 Å². The van der Waals surface area contributed by atoms with Crippen LogP contribution in [0.2, 0.25) is 0 Å². The maximum atomic E-state index is 11.8. The first-order chi connectivity index (χ1) is 11.8. The summed E-state index contributed by atoms with van der Waals surface area (Å²) in [6.45, 7) is 6.39. The van der Waals surface area contributed by atoms with Gasteiger partial charge in [-0.15, -0.1) is 0 Å². The number of hydrogen-bond acceptors (Lipinski definition) is 4. The van der Waals surface area contributed by atoms with Crippen LogP contribution in [0.3, 0.4) is 0 Å². The molecule has 25 heavy (non-hydrogen) atoms. The molecule has 0 aliphatic heterocycles. The lowest BCUT2D eigenvalue weighted by atomic mass is 9.78. The van der Waals surface area contributed by atoms with Crippen molar-refractivity contribution in [1.29, 1.82) is 0 Å². The Balaban J connectivity index is 2.41. The second-order valence-electron chi connectivity index (χ2n) is 6.37. The fourth-order valence-corrected chi connectivity index (χ4v) is 3.09. The summed E-state index contributed by atoms with van der Waals surface area (Å²) in [5, 5.41) is 14.6. The molecule has 0 amide bonds. The maximum Gasteiger partial charge on any atom is 0.293 e. The lowest BCUT2D eigenvalue weighted by molar-refractivity contribution is -0.384. The fraction of sp³-hybridized carbons (Fsp3) is 0.333. The summed E-state index contributed by atoms with van der Waals surface area (Å²) in [5.74, 6) is 0.371. The molecule has 0 saturated carbocycles. The Morgan fingerprint density at radius 2 is 2.00 bits per heavy atom. The van der Waals surface area contributed by atoms with Gasteiger partial charge in [-0.1, -0.05) is 45.1 Å². The zero-order chi connectivity index (χ0) is 18.6. The number of nitro benzene ring substituents is 1. The highest BCUT2D eigenvalue weighted by Crippen LogP contribution is 2.35. The lowest BCUT2D eigenvalue weighted by Crippen LogP contribution is -2.19. The maximum absolute atomic E-state index is 11.8. The van der Waals surface area contributed by atoms with Gasteiger partial charge >= 0.3 is 0 Å². The van der Waals surface area contributed by atoms with Crippen LogP contribution in [0.4, 0.5) is 11.4 Å². The van der Waals surface area contributed by atoms with Crippen LogP contribution in [0, 0.1) is 21.4 Å². The minimum atomic E-state index is -1.47. The van der Waals surface area contributed by atoms with Gasteiger partial charge in [0.15, 0.2) is 0 Å². The molecule has 0 heterocycles. The summed E-state index contributed by atoms with van der Waals surface area (Å²) >= 11 is 0. The number of nitro groups is 1. The molecule has 1 aliphatic carbocycles. The fourth-order valence-electron chi connectivity index (χ4n) is 2.45. The molecule has 0 aromatic heterocycles. The highest BCUT2D eigenvalue weighted by Gasteiger charge is 2.25. The van der Waals surface area contributed by atoms with E-state index in [0.717, 1.165) is 5.70 Å². The molecule has 0 bridgehead atoms. The van der Waals surface area contributed by atoms with Gasteiger partial charge in [-0.05, 0) is 31.2 Å². The summed E-state index contributed by atoms with van der Waals surface area (Å²) in [6, 6.07) is 4.53. The van der Waals surface area contributed by atoms with Crippen molar-refractivity contribution in [2.75, 3.05) is 12.4 Å². The van der Waals surface area contributed by atoms with Crippen LogP contribution in [-0.4, -0.2) is 16.2 Å². The molecule has 1 aliphatic rings. The first-order valence-corrected chi connectivity index (χ1v) is 9.15. The van der Waals surface area contributed by atoms with Crippen LogP contribution < -0.4 is 10.0 Å². The molecular formula is C18H23N3O3S. The van der Waals surface area contributed by atoms with Gasteiger partial charge in [-0.2, -0.15) is 0 Å². The average Bonchev–Trinajstić information content (AvgIpc) is 2.76. The molecule has 0 spiro atoms. The van der Waals surface area contributed by atoms with Gasteiger partial charge in [0.2, 0.25) is 0 Å². The molecule has 2 N–H and O–H groups in total. The predicted octanol–water partition coefficient (Wildman–Crippen LogP) is 3.92. The van der Waals surface area contributed by atoms with Crippen molar-refractivity contribution in [2.24, 2.45) is 11.3 Å². The van der Waals surface area contributed by atoms with Crippen molar-refractivity contribution < 1.29 is 9.13 Å². The van der Waals surface area contributed by atoms with Gasteiger partial charge in [0.25, 0.3) is 5.69 Å². The number of hydrogen-bond donors (Lipinski definition) is 2. The molecule has 7 heteroatoms. The molecule has 1 aromatic carbocycles. The smallest absolute Gasteiger partial charge is 0.293 e. The SMILES string of the molecule is CNS(=O)c1ccc(NC2=CC(C)(C(C)C)C=CC=C2)c([N+](=O)[O-])c1. The second kappa shape index (κ2) is 7.76. The van der Waals surface area contributed by atoms with Crippen LogP contribution >= 0.6 is 0 Å². The van der Waals surface area contributed by atoms with E-state index < -0.39 is 15.9 Å². The van der Waals surface area contributed by atoms with Crippen LogP contribution in [0.1, 0.15) is 20.8 Å². The van der Waals surface area contributed by atoms with E-state index in [0.29, 0.717) is 16.5 Å². The van der Waals surface area contributed by atoms with Crippen molar-refractivity contribution in [2.45, 2.75) is 25.7 Å². The average molecular weight is 361 g/mol. The van der Waals surface area contributed by atoms with E-state index >= 15 is 0 Å². The number of benzene rings is 1. The quantitative estimate of drug-likeness (QED) is 0.594. The third-order valence-electron chi connectivity index (χ3n) is 4.40. The molecule has 6 nitrogen and oxygen atoms in total. The van der Waals surface area contributed by atoms with Gasteiger partial charge in [0.1, 0.15) is 16.7 Å². The molecule has 0 radical (unpaired) electrons. The van der Waals surface area contributed by atoms with Gasteiger partial charge < -0.3 is 5.32 Å². The van der Waals surface area contributed by atoms with Crippen molar-refractivity contribution in [1.82, 2.24) is 4.72 Å². The summed E-state index contributed by atoms with van der Waals surface area (Å²) in [6.07, 6.45) is 9.96. The van der Waals surface area contributed by atoms with Gasteiger partial charge in [0.05, 0.1) is 9.82 Å². The van der Waals surface area contributed by atoms with E-state index in [4.69, 9.17) is 0 Å². The van der Waals surface area contributed by atoms with Crippen molar-refractivity contribution in [3.05, 3.63) is 64.4 Å². The minimum absolute atomic E-state index is 0.112.